The number of nitrogens with zero attached hydrogens (tertiary/aromatic N) is 2. The van der Waals surface area contributed by atoms with Crippen LogP contribution in [-0.2, 0) is 10.0 Å². The summed E-state index contributed by atoms with van der Waals surface area (Å²) in [4.78, 5) is 5.54. The van der Waals surface area contributed by atoms with Crippen molar-refractivity contribution in [2.24, 2.45) is 0 Å². The molecule has 0 saturated carbocycles. The molecule has 0 saturated heterocycles. The van der Waals surface area contributed by atoms with Crippen molar-refractivity contribution in [1.29, 1.82) is 0 Å². The molecule has 0 fully saturated rings. The van der Waals surface area contributed by atoms with E-state index in [-0.39, 0.29) is 17.0 Å². The van der Waals surface area contributed by atoms with Crippen LogP contribution in [0.25, 0.3) is 16.6 Å². The second-order valence-electron chi connectivity index (χ2n) is 6.18. The Morgan fingerprint density at radius 3 is 2.56 bits per heavy atom. The average molecular weight is 456 g/mol. The van der Waals surface area contributed by atoms with Gasteiger partial charge in [-0.25, -0.2) is 26.2 Å². The Hall–Kier alpha value is -2.26. The summed E-state index contributed by atoms with van der Waals surface area (Å²) >= 11 is 3.18. The molecule has 0 atom stereocenters. The fraction of sp³-hybridized carbons (Fsp3) is 0.167. The van der Waals surface area contributed by atoms with Gasteiger partial charge in [-0.3, -0.25) is 0 Å². The van der Waals surface area contributed by atoms with Gasteiger partial charge in [0.1, 0.15) is 11.6 Å². The number of rotatable bonds is 4. The Balaban J connectivity index is 2.26. The highest BCUT2D eigenvalue weighted by atomic mass is 79.9. The van der Waals surface area contributed by atoms with Gasteiger partial charge in [0.25, 0.3) is 0 Å². The van der Waals surface area contributed by atoms with Crippen LogP contribution < -0.4 is 5.73 Å². The zero-order valence-electron chi connectivity index (χ0n) is 14.4. The van der Waals surface area contributed by atoms with Crippen LogP contribution in [0.4, 0.5) is 14.7 Å². The molecule has 9 heteroatoms. The highest BCUT2D eigenvalue weighted by molar-refractivity contribution is 9.11. The topological polar surface area (TPSA) is 78.0 Å². The van der Waals surface area contributed by atoms with E-state index in [9.17, 15) is 17.2 Å². The number of imidazole rings is 1. The third-order valence-electron chi connectivity index (χ3n) is 4.13. The van der Waals surface area contributed by atoms with Crippen LogP contribution in [0.1, 0.15) is 25.0 Å². The van der Waals surface area contributed by atoms with Crippen LogP contribution in [0.15, 0.2) is 41.4 Å². The van der Waals surface area contributed by atoms with Crippen LogP contribution in [0.5, 0.6) is 0 Å². The third kappa shape index (κ3) is 3.37. The Labute approximate surface area is 163 Å². The first-order valence-corrected chi connectivity index (χ1v) is 10.4. The summed E-state index contributed by atoms with van der Waals surface area (Å²) in [6.45, 7) is 3.08. The number of nitrogens with two attached hydrogens (primary N) is 1. The van der Waals surface area contributed by atoms with E-state index in [1.807, 2.05) is 0 Å². The predicted molar refractivity (Wildman–Crippen MR) is 106 cm³/mol. The number of halogens is 3. The summed E-state index contributed by atoms with van der Waals surface area (Å²) in [6.07, 6.45) is 0. The molecule has 0 spiro atoms. The SMILES string of the molecule is CC(C)S(=O)(=O)n1c(N)nc2ccc(/C(=C\Br)c3cc(F)ccc3F)cc21. The molecule has 2 aromatic carbocycles. The van der Waals surface area contributed by atoms with Crippen molar-refractivity contribution in [3.8, 4) is 0 Å². The lowest BCUT2D eigenvalue weighted by molar-refractivity contribution is 0.580. The number of benzene rings is 2. The first-order valence-electron chi connectivity index (χ1n) is 7.95. The van der Waals surface area contributed by atoms with E-state index in [0.717, 1.165) is 22.2 Å². The number of hydrogen-bond donors (Lipinski definition) is 1. The maximum absolute atomic E-state index is 14.2. The van der Waals surface area contributed by atoms with Gasteiger partial charge in [0.05, 0.1) is 16.3 Å². The summed E-state index contributed by atoms with van der Waals surface area (Å²) in [6, 6.07) is 7.89. The number of fused-ring (bicyclic) bond motifs is 1. The number of anilines is 1. The molecule has 0 bridgehead atoms. The van der Waals surface area contributed by atoms with Gasteiger partial charge in [0.15, 0.2) is 0 Å². The molecule has 0 aliphatic carbocycles. The van der Waals surface area contributed by atoms with Crippen molar-refractivity contribution < 1.29 is 17.2 Å². The Morgan fingerprint density at radius 1 is 1.22 bits per heavy atom. The standard InChI is InChI=1S/C18H16BrF2N3O2S/c1-10(2)27(25,26)24-17-7-11(3-6-16(17)23-18(24)22)14(9-19)13-8-12(20)4-5-15(13)21/h3-10H,1-2H3,(H2,22,23)/b14-9+. The Morgan fingerprint density at radius 2 is 1.93 bits per heavy atom. The minimum Gasteiger partial charge on any atom is -0.368 e. The van der Waals surface area contributed by atoms with Crippen LogP contribution >= 0.6 is 15.9 Å². The van der Waals surface area contributed by atoms with Gasteiger partial charge in [0.2, 0.25) is 16.0 Å². The fourth-order valence-corrected chi connectivity index (χ4v) is 4.35. The minimum atomic E-state index is -3.76. The molecule has 0 unspecified atom stereocenters. The van der Waals surface area contributed by atoms with Crippen LogP contribution in [0.2, 0.25) is 0 Å². The molecule has 5 nitrogen and oxygen atoms in total. The third-order valence-corrected chi connectivity index (χ3v) is 6.67. The molecule has 0 aliphatic heterocycles. The highest BCUT2D eigenvalue weighted by Crippen LogP contribution is 2.31. The molecule has 0 amide bonds. The second kappa shape index (κ2) is 7.05. The maximum Gasteiger partial charge on any atom is 0.244 e. The molecule has 0 aliphatic rings. The summed E-state index contributed by atoms with van der Waals surface area (Å²) in [5, 5.41) is -0.715. The van der Waals surface area contributed by atoms with Crippen molar-refractivity contribution in [1.82, 2.24) is 8.96 Å². The molecular weight excluding hydrogens is 440 g/mol. The predicted octanol–water partition coefficient (Wildman–Crippen LogP) is 4.27. The molecule has 27 heavy (non-hydrogen) atoms. The lowest BCUT2D eigenvalue weighted by Gasteiger charge is -2.13. The van der Waals surface area contributed by atoms with Crippen LogP contribution in [0.3, 0.4) is 0 Å². The fourth-order valence-electron chi connectivity index (χ4n) is 2.70. The maximum atomic E-state index is 14.2. The second-order valence-corrected chi connectivity index (χ2v) is 8.97. The Kier molecular flexibility index (Phi) is 5.09. The van der Waals surface area contributed by atoms with E-state index >= 15 is 0 Å². The average Bonchev–Trinajstić information content (AvgIpc) is 2.94. The van der Waals surface area contributed by atoms with E-state index in [1.54, 1.807) is 12.1 Å². The molecule has 2 N–H and O–H groups in total. The van der Waals surface area contributed by atoms with E-state index < -0.39 is 26.9 Å². The van der Waals surface area contributed by atoms with Gasteiger partial charge in [-0.1, -0.05) is 22.0 Å². The van der Waals surface area contributed by atoms with Gasteiger partial charge in [-0.2, -0.15) is 0 Å². The highest BCUT2D eigenvalue weighted by Gasteiger charge is 2.25. The molecule has 0 radical (unpaired) electrons. The van der Waals surface area contributed by atoms with E-state index in [1.165, 1.54) is 24.9 Å². The van der Waals surface area contributed by atoms with Gasteiger partial charge in [0, 0.05) is 5.56 Å². The van der Waals surface area contributed by atoms with Crippen molar-refractivity contribution in [2.75, 3.05) is 5.73 Å². The molecule has 142 valence electrons. The molecular formula is C18H16BrF2N3O2S. The van der Waals surface area contributed by atoms with Gasteiger partial charge >= 0.3 is 0 Å². The normalized spacial score (nSPS) is 12.9. The van der Waals surface area contributed by atoms with Crippen molar-refractivity contribution in [2.45, 2.75) is 19.1 Å². The quantitative estimate of drug-likeness (QED) is 0.636. The molecule has 1 heterocycles. The van der Waals surface area contributed by atoms with E-state index in [4.69, 9.17) is 5.73 Å². The largest absolute Gasteiger partial charge is 0.368 e. The van der Waals surface area contributed by atoms with Crippen molar-refractivity contribution in [3.63, 3.8) is 0 Å². The zero-order valence-corrected chi connectivity index (χ0v) is 16.9. The molecule has 3 rings (SSSR count). The summed E-state index contributed by atoms with van der Waals surface area (Å²) in [5.74, 6) is -1.35. The summed E-state index contributed by atoms with van der Waals surface area (Å²) < 4.78 is 54.1. The van der Waals surface area contributed by atoms with Gasteiger partial charge in [-0.05, 0) is 60.3 Å². The van der Waals surface area contributed by atoms with Crippen LogP contribution in [-0.4, -0.2) is 22.6 Å². The van der Waals surface area contributed by atoms with Gasteiger partial charge < -0.3 is 5.73 Å². The van der Waals surface area contributed by atoms with Crippen LogP contribution in [0, 0.1) is 11.6 Å². The van der Waals surface area contributed by atoms with Crippen molar-refractivity contribution in [3.05, 3.63) is 64.1 Å². The summed E-state index contributed by atoms with van der Waals surface area (Å²) in [7, 11) is -3.76. The molecule has 3 aromatic rings. The first kappa shape index (κ1) is 19.5. The van der Waals surface area contributed by atoms with E-state index in [0.29, 0.717) is 16.7 Å². The van der Waals surface area contributed by atoms with Gasteiger partial charge in [-0.15, -0.1) is 0 Å². The lowest BCUT2D eigenvalue weighted by Crippen LogP contribution is -2.23. The Bertz CT molecular complexity index is 1170. The smallest absolute Gasteiger partial charge is 0.244 e. The van der Waals surface area contributed by atoms with E-state index in [2.05, 4.69) is 20.9 Å². The summed E-state index contributed by atoms with van der Waals surface area (Å²) in [5.41, 5.74) is 7.34. The molecule has 1 aromatic heterocycles. The minimum absolute atomic E-state index is 0.0389. The van der Waals surface area contributed by atoms with Crippen molar-refractivity contribution >= 4 is 48.5 Å². The number of hydrogen-bond acceptors (Lipinski definition) is 4. The lowest BCUT2D eigenvalue weighted by atomic mass is 9.98. The first-order chi connectivity index (χ1) is 12.7. The number of nitrogen functional groups attached to an aromatic ring is 1. The monoisotopic (exact) mass is 455 g/mol. The number of aromatic nitrogens is 2. The zero-order chi connectivity index (χ0) is 19.9.